The summed E-state index contributed by atoms with van der Waals surface area (Å²) < 4.78 is 10.8. The van der Waals surface area contributed by atoms with Crippen molar-refractivity contribution in [2.24, 2.45) is 0 Å². The quantitative estimate of drug-likeness (QED) is 0.477. The van der Waals surface area contributed by atoms with Crippen molar-refractivity contribution in [3.8, 4) is 17.1 Å². The van der Waals surface area contributed by atoms with E-state index in [1.54, 1.807) is 19.1 Å². The number of aromatic hydroxyl groups is 1. The number of carbonyl (C=O) groups is 1. The Balaban J connectivity index is 1.86. The van der Waals surface area contributed by atoms with Gasteiger partial charge in [0, 0.05) is 30.1 Å². The maximum absolute atomic E-state index is 12.8. The van der Waals surface area contributed by atoms with Crippen LogP contribution in [0.1, 0.15) is 26.3 Å². The van der Waals surface area contributed by atoms with Crippen LogP contribution in [0.2, 0.25) is 0 Å². The zero-order valence-corrected chi connectivity index (χ0v) is 18.8. The second kappa shape index (κ2) is 10.4. The second-order valence-corrected chi connectivity index (χ2v) is 7.94. The molecule has 0 radical (unpaired) electrons. The van der Waals surface area contributed by atoms with E-state index in [1.807, 2.05) is 30.3 Å². The molecule has 6 nitrogen and oxygen atoms in total. The molecule has 0 saturated heterocycles. The summed E-state index contributed by atoms with van der Waals surface area (Å²) in [5.41, 5.74) is 2.51. The second-order valence-electron chi connectivity index (χ2n) is 6.96. The summed E-state index contributed by atoms with van der Waals surface area (Å²) in [7, 11) is 0. The highest BCUT2D eigenvalue weighted by Gasteiger charge is 2.16. The van der Waals surface area contributed by atoms with Gasteiger partial charge in [-0.2, -0.15) is 0 Å². The van der Waals surface area contributed by atoms with Gasteiger partial charge in [-0.25, -0.2) is 0 Å². The Morgan fingerprint density at radius 2 is 1.81 bits per heavy atom. The Morgan fingerprint density at radius 1 is 1.10 bits per heavy atom. The van der Waals surface area contributed by atoms with E-state index >= 15 is 0 Å². The summed E-state index contributed by atoms with van der Waals surface area (Å²) in [4.78, 5) is 26.5. The summed E-state index contributed by atoms with van der Waals surface area (Å²) >= 11 is 1.41. The van der Waals surface area contributed by atoms with Crippen molar-refractivity contribution in [3.05, 3.63) is 58.3 Å². The van der Waals surface area contributed by atoms with Crippen molar-refractivity contribution in [2.75, 3.05) is 30.3 Å². The van der Waals surface area contributed by atoms with Gasteiger partial charge in [-0.15, -0.1) is 11.8 Å². The lowest BCUT2D eigenvalue weighted by atomic mass is 10.1. The number of rotatable bonds is 9. The monoisotopic (exact) mass is 441 g/mol. The summed E-state index contributed by atoms with van der Waals surface area (Å²) in [6.07, 6.45) is 0. The Hall–Kier alpha value is -2.93. The fraction of sp³-hybridized carbons (Fsp3) is 0.333. The van der Waals surface area contributed by atoms with Gasteiger partial charge in [0.1, 0.15) is 5.58 Å². The zero-order chi connectivity index (χ0) is 22.4. The third-order valence-corrected chi connectivity index (χ3v) is 5.96. The topological polar surface area (TPSA) is 80.0 Å². The maximum Gasteiger partial charge on any atom is 0.315 e. The van der Waals surface area contributed by atoms with Crippen LogP contribution in [-0.2, 0) is 15.3 Å². The molecule has 3 aromatic rings. The fourth-order valence-electron chi connectivity index (χ4n) is 3.39. The van der Waals surface area contributed by atoms with Crippen LogP contribution in [0.4, 0.5) is 5.69 Å². The molecule has 0 aliphatic rings. The van der Waals surface area contributed by atoms with Gasteiger partial charge in [0.25, 0.3) is 0 Å². The van der Waals surface area contributed by atoms with E-state index in [1.165, 1.54) is 11.8 Å². The van der Waals surface area contributed by atoms with Crippen LogP contribution in [0.15, 0.2) is 51.7 Å². The molecule has 0 fully saturated rings. The normalized spacial score (nSPS) is 10.9. The number of nitrogens with zero attached hydrogens (tertiary/aromatic N) is 1. The Bertz CT molecular complexity index is 1100. The van der Waals surface area contributed by atoms with E-state index in [9.17, 15) is 14.7 Å². The van der Waals surface area contributed by atoms with Gasteiger partial charge in [-0.3, -0.25) is 9.59 Å². The zero-order valence-electron chi connectivity index (χ0n) is 18.0. The first-order valence-electron chi connectivity index (χ1n) is 10.4. The lowest BCUT2D eigenvalue weighted by Gasteiger charge is -2.21. The number of carbonyl (C=O) groups excluding carboxylic acids is 1. The van der Waals surface area contributed by atoms with E-state index in [-0.39, 0.29) is 17.5 Å². The molecule has 31 heavy (non-hydrogen) atoms. The Labute approximate surface area is 185 Å². The first-order valence-corrected chi connectivity index (χ1v) is 11.5. The minimum absolute atomic E-state index is 0.160. The van der Waals surface area contributed by atoms with Crippen molar-refractivity contribution in [2.45, 2.75) is 26.5 Å². The van der Waals surface area contributed by atoms with E-state index in [0.717, 1.165) is 24.3 Å². The third-order valence-electron chi connectivity index (χ3n) is 4.98. The van der Waals surface area contributed by atoms with Crippen LogP contribution in [0, 0.1) is 0 Å². The molecule has 0 aliphatic heterocycles. The highest BCUT2D eigenvalue weighted by Crippen LogP contribution is 2.32. The molecule has 0 atom stereocenters. The molecule has 3 rings (SSSR count). The highest BCUT2D eigenvalue weighted by molar-refractivity contribution is 7.99. The van der Waals surface area contributed by atoms with Crippen LogP contribution in [0.5, 0.6) is 5.75 Å². The summed E-state index contributed by atoms with van der Waals surface area (Å²) in [6, 6.07) is 12.9. The van der Waals surface area contributed by atoms with Gasteiger partial charge < -0.3 is 19.2 Å². The molecule has 0 amide bonds. The molecular weight excluding hydrogens is 414 g/mol. The van der Waals surface area contributed by atoms with Crippen LogP contribution < -0.4 is 10.3 Å². The number of hydrogen-bond acceptors (Lipinski definition) is 7. The number of fused-ring (bicyclic) bond motifs is 1. The Morgan fingerprint density at radius 3 is 2.45 bits per heavy atom. The lowest BCUT2D eigenvalue weighted by Crippen LogP contribution is -2.21. The smallest absolute Gasteiger partial charge is 0.315 e. The van der Waals surface area contributed by atoms with Crippen LogP contribution >= 0.6 is 11.8 Å². The molecule has 0 aliphatic carbocycles. The summed E-state index contributed by atoms with van der Waals surface area (Å²) in [5.74, 6) is 0.284. The molecule has 7 heteroatoms. The molecule has 0 spiro atoms. The standard InChI is InChI=1S/C24H27NO5S/c1-4-25(5-2)18-10-8-17(9-11-18)24-23(28)22(27)19-13-16(7-12-20(19)30-24)14-31-15-21(26)29-6-3/h7-13,28H,4-6,14-15H2,1-3H3. The molecule has 1 N–H and O–H groups in total. The number of benzene rings is 2. The molecule has 1 heterocycles. The average molecular weight is 442 g/mol. The van der Waals surface area contributed by atoms with E-state index in [2.05, 4.69) is 18.7 Å². The molecule has 0 unspecified atom stereocenters. The molecule has 164 valence electrons. The van der Waals surface area contributed by atoms with Gasteiger partial charge in [-0.1, -0.05) is 6.07 Å². The minimum Gasteiger partial charge on any atom is -0.502 e. The maximum atomic E-state index is 12.8. The number of ether oxygens (including phenoxy) is 1. The predicted octanol–water partition coefficient (Wildman–Crippen LogP) is 4.81. The van der Waals surface area contributed by atoms with Crippen LogP contribution in [0.25, 0.3) is 22.3 Å². The van der Waals surface area contributed by atoms with E-state index in [0.29, 0.717) is 28.9 Å². The predicted molar refractivity (Wildman–Crippen MR) is 126 cm³/mol. The van der Waals surface area contributed by atoms with Crippen molar-refractivity contribution in [1.82, 2.24) is 0 Å². The minimum atomic E-state index is -0.471. The lowest BCUT2D eigenvalue weighted by molar-refractivity contribution is -0.139. The highest BCUT2D eigenvalue weighted by atomic mass is 32.2. The van der Waals surface area contributed by atoms with Gasteiger partial charge in [0.2, 0.25) is 11.2 Å². The summed E-state index contributed by atoms with van der Waals surface area (Å²) in [6.45, 7) is 8.10. The Kier molecular flexibility index (Phi) is 7.63. The van der Waals surface area contributed by atoms with Crippen molar-refractivity contribution < 1.29 is 19.1 Å². The molecule has 2 aromatic carbocycles. The fourth-order valence-corrected chi connectivity index (χ4v) is 4.15. The number of anilines is 1. The van der Waals surface area contributed by atoms with Crippen molar-refractivity contribution >= 4 is 34.4 Å². The molecule has 0 saturated carbocycles. The SMILES string of the molecule is CCOC(=O)CSCc1ccc2oc(-c3ccc(N(CC)CC)cc3)c(O)c(=O)c2c1. The largest absolute Gasteiger partial charge is 0.502 e. The first-order chi connectivity index (χ1) is 15.0. The van der Waals surface area contributed by atoms with Crippen LogP contribution in [0.3, 0.4) is 0 Å². The molecule has 0 bridgehead atoms. The van der Waals surface area contributed by atoms with Gasteiger partial charge in [-0.05, 0) is 62.7 Å². The number of hydrogen-bond donors (Lipinski definition) is 1. The molecular formula is C24H27NO5S. The van der Waals surface area contributed by atoms with E-state index in [4.69, 9.17) is 9.15 Å². The van der Waals surface area contributed by atoms with Gasteiger partial charge in [0.05, 0.1) is 17.7 Å². The van der Waals surface area contributed by atoms with Crippen LogP contribution in [-0.4, -0.2) is 36.5 Å². The number of thioether (sulfide) groups is 1. The van der Waals surface area contributed by atoms with Crippen molar-refractivity contribution in [3.63, 3.8) is 0 Å². The summed E-state index contributed by atoms with van der Waals surface area (Å²) in [5, 5.41) is 10.9. The average Bonchev–Trinajstić information content (AvgIpc) is 2.78. The van der Waals surface area contributed by atoms with Gasteiger partial charge in [0.15, 0.2) is 5.76 Å². The molecule has 1 aromatic heterocycles. The van der Waals surface area contributed by atoms with E-state index < -0.39 is 11.2 Å². The van der Waals surface area contributed by atoms with Gasteiger partial charge >= 0.3 is 5.97 Å². The first kappa shape index (κ1) is 22.7. The number of esters is 1. The van der Waals surface area contributed by atoms with Crippen molar-refractivity contribution in [1.29, 1.82) is 0 Å². The third kappa shape index (κ3) is 5.22.